The predicted molar refractivity (Wildman–Crippen MR) is 81.2 cm³/mol. The first-order chi connectivity index (χ1) is 10.1. The highest BCUT2D eigenvalue weighted by Gasteiger charge is 2.12. The van der Waals surface area contributed by atoms with E-state index in [9.17, 15) is 0 Å². The van der Waals surface area contributed by atoms with Gasteiger partial charge < -0.3 is 8.83 Å². The third kappa shape index (κ3) is 1.91. The van der Waals surface area contributed by atoms with Crippen molar-refractivity contribution in [2.45, 2.75) is 20.8 Å². The number of benzene rings is 2. The molecule has 0 spiro atoms. The summed E-state index contributed by atoms with van der Waals surface area (Å²) in [5.41, 5.74) is 6.50. The quantitative estimate of drug-likeness (QED) is 0.512. The van der Waals surface area contributed by atoms with Crippen molar-refractivity contribution in [1.29, 1.82) is 0 Å². The SMILES string of the molecule is Cc1nc2cc3oc(-c4ccc(C)c(C)c4)nc3cc2o1. The molecule has 21 heavy (non-hydrogen) atoms. The Bertz CT molecular complexity index is 928. The molecule has 0 fully saturated rings. The van der Waals surface area contributed by atoms with E-state index < -0.39 is 0 Å². The lowest BCUT2D eigenvalue weighted by atomic mass is 10.1. The summed E-state index contributed by atoms with van der Waals surface area (Å²) in [6, 6.07) is 9.94. The van der Waals surface area contributed by atoms with Crippen molar-refractivity contribution in [3.63, 3.8) is 0 Å². The Balaban J connectivity index is 1.91. The molecule has 2 heterocycles. The summed E-state index contributed by atoms with van der Waals surface area (Å²) in [7, 11) is 0. The number of aromatic nitrogens is 2. The van der Waals surface area contributed by atoms with Crippen LogP contribution in [0.5, 0.6) is 0 Å². The van der Waals surface area contributed by atoms with E-state index in [-0.39, 0.29) is 0 Å². The predicted octanol–water partition coefficient (Wildman–Crippen LogP) is 4.56. The fraction of sp³-hybridized carbons (Fsp3) is 0.176. The van der Waals surface area contributed by atoms with Crippen molar-refractivity contribution < 1.29 is 8.83 Å². The van der Waals surface area contributed by atoms with Crippen molar-refractivity contribution in [1.82, 2.24) is 9.97 Å². The van der Waals surface area contributed by atoms with E-state index in [1.807, 2.05) is 25.1 Å². The lowest BCUT2D eigenvalue weighted by Crippen LogP contribution is -1.83. The molecular weight excluding hydrogens is 264 g/mol. The molecule has 2 aromatic carbocycles. The summed E-state index contributed by atoms with van der Waals surface area (Å²) in [5, 5.41) is 0. The summed E-state index contributed by atoms with van der Waals surface area (Å²) in [4.78, 5) is 8.88. The first-order valence-electron chi connectivity index (χ1n) is 6.85. The Morgan fingerprint density at radius 3 is 2.24 bits per heavy atom. The number of oxazole rings is 2. The van der Waals surface area contributed by atoms with Crippen LogP contribution in [0.3, 0.4) is 0 Å². The first-order valence-corrected chi connectivity index (χ1v) is 6.85. The molecule has 0 unspecified atom stereocenters. The molecule has 0 amide bonds. The highest BCUT2D eigenvalue weighted by Crippen LogP contribution is 2.29. The van der Waals surface area contributed by atoms with Crippen LogP contribution in [0.1, 0.15) is 17.0 Å². The zero-order chi connectivity index (χ0) is 14.6. The van der Waals surface area contributed by atoms with Crippen molar-refractivity contribution in [2.75, 3.05) is 0 Å². The molecule has 0 atom stereocenters. The fourth-order valence-electron chi connectivity index (χ4n) is 2.46. The number of rotatable bonds is 1. The second kappa shape index (κ2) is 4.19. The molecule has 0 radical (unpaired) electrons. The van der Waals surface area contributed by atoms with Crippen LogP contribution in [-0.2, 0) is 0 Å². The van der Waals surface area contributed by atoms with Gasteiger partial charge in [0.2, 0.25) is 5.89 Å². The maximum absolute atomic E-state index is 5.87. The van der Waals surface area contributed by atoms with E-state index in [1.165, 1.54) is 11.1 Å². The first kappa shape index (κ1) is 12.1. The van der Waals surface area contributed by atoms with Gasteiger partial charge in [-0.1, -0.05) is 6.07 Å². The highest BCUT2D eigenvalue weighted by atomic mass is 16.4. The number of hydrogen-bond acceptors (Lipinski definition) is 4. The van der Waals surface area contributed by atoms with E-state index in [2.05, 4.69) is 35.9 Å². The average molecular weight is 278 g/mol. The van der Waals surface area contributed by atoms with E-state index in [4.69, 9.17) is 8.83 Å². The minimum atomic E-state index is 0.623. The van der Waals surface area contributed by atoms with Crippen LogP contribution >= 0.6 is 0 Å². The van der Waals surface area contributed by atoms with Gasteiger partial charge in [-0.25, -0.2) is 9.97 Å². The number of nitrogens with zero attached hydrogens (tertiary/aromatic N) is 2. The molecule has 0 N–H and O–H groups in total. The Kier molecular flexibility index (Phi) is 2.42. The summed E-state index contributed by atoms with van der Waals surface area (Å²) in [5.74, 6) is 1.27. The normalized spacial score (nSPS) is 11.6. The van der Waals surface area contributed by atoms with Gasteiger partial charge in [0.15, 0.2) is 17.1 Å². The molecule has 0 saturated heterocycles. The lowest BCUT2D eigenvalue weighted by molar-refractivity contribution is 0.561. The second-order valence-electron chi connectivity index (χ2n) is 5.34. The molecule has 4 nitrogen and oxygen atoms in total. The molecule has 2 aromatic heterocycles. The van der Waals surface area contributed by atoms with Crippen LogP contribution in [-0.4, -0.2) is 9.97 Å². The fourth-order valence-corrected chi connectivity index (χ4v) is 2.46. The number of hydrogen-bond donors (Lipinski definition) is 0. The molecule has 0 aliphatic rings. The maximum Gasteiger partial charge on any atom is 0.227 e. The molecule has 4 heteroatoms. The Hall–Kier alpha value is -2.62. The maximum atomic E-state index is 5.87. The van der Waals surface area contributed by atoms with E-state index in [0.717, 1.165) is 27.8 Å². The van der Waals surface area contributed by atoms with Crippen LogP contribution in [0.25, 0.3) is 33.7 Å². The van der Waals surface area contributed by atoms with Gasteiger partial charge in [-0.2, -0.15) is 0 Å². The molecule has 0 bridgehead atoms. The van der Waals surface area contributed by atoms with Gasteiger partial charge in [-0.15, -0.1) is 0 Å². The zero-order valence-electron chi connectivity index (χ0n) is 12.1. The van der Waals surface area contributed by atoms with Crippen molar-refractivity contribution >= 4 is 22.2 Å². The van der Waals surface area contributed by atoms with Gasteiger partial charge in [0.05, 0.1) is 0 Å². The van der Waals surface area contributed by atoms with Gasteiger partial charge in [0.1, 0.15) is 11.0 Å². The van der Waals surface area contributed by atoms with E-state index in [1.54, 1.807) is 0 Å². The van der Waals surface area contributed by atoms with Gasteiger partial charge in [-0.05, 0) is 37.1 Å². The van der Waals surface area contributed by atoms with Crippen LogP contribution in [0, 0.1) is 20.8 Å². The molecule has 4 rings (SSSR count). The molecule has 104 valence electrons. The average Bonchev–Trinajstić information content (AvgIpc) is 3.00. The minimum absolute atomic E-state index is 0.623. The minimum Gasteiger partial charge on any atom is -0.441 e. The van der Waals surface area contributed by atoms with Crippen molar-refractivity contribution in [3.8, 4) is 11.5 Å². The molecular formula is C17H14N2O2. The van der Waals surface area contributed by atoms with Crippen molar-refractivity contribution in [2.24, 2.45) is 0 Å². The summed E-state index contributed by atoms with van der Waals surface area (Å²) >= 11 is 0. The largest absolute Gasteiger partial charge is 0.441 e. The Labute approximate surface area is 121 Å². The monoisotopic (exact) mass is 278 g/mol. The van der Waals surface area contributed by atoms with Crippen LogP contribution in [0.15, 0.2) is 39.2 Å². The van der Waals surface area contributed by atoms with E-state index >= 15 is 0 Å². The summed E-state index contributed by atoms with van der Waals surface area (Å²) < 4.78 is 11.4. The van der Waals surface area contributed by atoms with E-state index in [0.29, 0.717) is 11.8 Å². The lowest BCUT2D eigenvalue weighted by Gasteiger charge is -2.01. The van der Waals surface area contributed by atoms with Gasteiger partial charge in [-0.3, -0.25) is 0 Å². The van der Waals surface area contributed by atoms with Crippen LogP contribution in [0.4, 0.5) is 0 Å². The Morgan fingerprint density at radius 1 is 0.762 bits per heavy atom. The van der Waals surface area contributed by atoms with Crippen LogP contribution < -0.4 is 0 Å². The third-order valence-corrected chi connectivity index (χ3v) is 3.76. The molecule has 0 aliphatic heterocycles. The van der Waals surface area contributed by atoms with Gasteiger partial charge in [0.25, 0.3) is 0 Å². The highest BCUT2D eigenvalue weighted by molar-refractivity contribution is 5.90. The third-order valence-electron chi connectivity index (χ3n) is 3.76. The van der Waals surface area contributed by atoms with Crippen LogP contribution in [0.2, 0.25) is 0 Å². The zero-order valence-corrected chi connectivity index (χ0v) is 12.1. The molecule has 4 aromatic rings. The second-order valence-corrected chi connectivity index (χ2v) is 5.34. The number of fused-ring (bicyclic) bond motifs is 2. The summed E-state index contributed by atoms with van der Waals surface area (Å²) in [6.07, 6.45) is 0. The molecule has 0 aliphatic carbocycles. The van der Waals surface area contributed by atoms with Gasteiger partial charge >= 0.3 is 0 Å². The smallest absolute Gasteiger partial charge is 0.227 e. The standard InChI is InChI=1S/C17H14N2O2/c1-9-4-5-12(6-10(9)2)17-19-14-8-15-13(7-16(14)21-17)18-11(3)20-15/h4-8H,1-3H3. The van der Waals surface area contributed by atoms with Crippen molar-refractivity contribution in [3.05, 3.63) is 47.3 Å². The summed E-state index contributed by atoms with van der Waals surface area (Å²) in [6.45, 7) is 6.00. The van der Waals surface area contributed by atoms with Gasteiger partial charge in [0, 0.05) is 24.6 Å². The molecule has 0 saturated carbocycles. The Morgan fingerprint density at radius 2 is 1.48 bits per heavy atom. The topological polar surface area (TPSA) is 52.1 Å². The number of aryl methyl sites for hydroxylation is 3.